The largest absolute Gasteiger partial charge is 0.474 e. The maximum Gasteiger partial charge on any atom is 0.254 e. The standard InChI is InChI=1S/C23H22N4O3S/c1-13-12-31-19-10-18(21(25)28)23(27-20(13)19)30-17-7-5-16(6-8-17)26-22(29)15-4-2-3-14(9-15)11-24/h2-4,9-10,12,16-17H,5-8H2,1H3,(H2,25,28)(H,26,29)/t16-,17-. The van der Waals surface area contributed by atoms with Crippen LogP contribution in [0.1, 0.15) is 57.5 Å². The number of nitrogens with one attached hydrogen (secondary N) is 1. The fraction of sp³-hybridized carbons (Fsp3) is 0.304. The van der Waals surface area contributed by atoms with E-state index in [0.717, 1.165) is 41.5 Å². The number of benzene rings is 1. The molecule has 0 spiro atoms. The first-order valence-corrected chi connectivity index (χ1v) is 11.0. The zero-order valence-electron chi connectivity index (χ0n) is 17.1. The number of aryl methyl sites for hydroxylation is 1. The van der Waals surface area contributed by atoms with Crippen molar-refractivity contribution in [1.82, 2.24) is 10.3 Å². The van der Waals surface area contributed by atoms with Gasteiger partial charge in [0.15, 0.2) is 0 Å². The summed E-state index contributed by atoms with van der Waals surface area (Å²) in [7, 11) is 0. The van der Waals surface area contributed by atoms with Gasteiger partial charge >= 0.3 is 0 Å². The van der Waals surface area contributed by atoms with Gasteiger partial charge in [-0.05, 0) is 67.8 Å². The quantitative estimate of drug-likeness (QED) is 0.635. The van der Waals surface area contributed by atoms with E-state index in [1.807, 2.05) is 18.4 Å². The van der Waals surface area contributed by atoms with Gasteiger partial charge in [-0.3, -0.25) is 9.59 Å². The third kappa shape index (κ3) is 4.52. The highest BCUT2D eigenvalue weighted by molar-refractivity contribution is 7.17. The van der Waals surface area contributed by atoms with Crippen molar-refractivity contribution in [1.29, 1.82) is 5.26 Å². The fourth-order valence-corrected chi connectivity index (χ4v) is 4.73. The van der Waals surface area contributed by atoms with Crippen molar-refractivity contribution in [2.45, 2.75) is 44.8 Å². The maximum atomic E-state index is 12.5. The highest BCUT2D eigenvalue weighted by Crippen LogP contribution is 2.31. The first-order chi connectivity index (χ1) is 14.9. The molecule has 8 heteroatoms. The van der Waals surface area contributed by atoms with Gasteiger partial charge < -0.3 is 15.8 Å². The number of fused-ring (bicyclic) bond motifs is 1. The third-order valence-electron chi connectivity index (χ3n) is 5.50. The summed E-state index contributed by atoms with van der Waals surface area (Å²) in [6.07, 6.45) is 2.85. The van der Waals surface area contributed by atoms with Gasteiger partial charge in [0.05, 0.1) is 21.8 Å². The van der Waals surface area contributed by atoms with Gasteiger partial charge in [0.25, 0.3) is 11.8 Å². The summed E-state index contributed by atoms with van der Waals surface area (Å²) >= 11 is 1.52. The number of amides is 2. The molecule has 3 aromatic rings. The molecule has 1 aliphatic rings. The molecule has 1 saturated carbocycles. The van der Waals surface area contributed by atoms with E-state index in [1.54, 1.807) is 30.3 Å². The van der Waals surface area contributed by atoms with Crippen molar-refractivity contribution in [3.05, 3.63) is 58.0 Å². The van der Waals surface area contributed by atoms with E-state index in [0.29, 0.717) is 16.7 Å². The monoisotopic (exact) mass is 434 g/mol. The van der Waals surface area contributed by atoms with Gasteiger partial charge in [0.1, 0.15) is 11.7 Å². The van der Waals surface area contributed by atoms with Crippen LogP contribution in [0.25, 0.3) is 10.2 Å². The van der Waals surface area contributed by atoms with Gasteiger partial charge in [-0.1, -0.05) is 6.07 Å². The molecule has 4 rings (SSSR count). The van der Waals surface area contributed by atoms with E-state index in [4.69, 9.17) is 15.7 Å². The molecule has 0 aliphatic heterocycles. The first-order valence-electron chi connectivity index (χ1n) is 10.1. The number of thiophene rings is 1. The second-order valence-electron chi connectivity index (χ2n) is 7.73. The number of hydrogen-bond acceptors (Lipinski definition) is 6. The van der Waals surface area contributed by atoms with Crippen molar-refractivity contribution in [3.63, 3.8) is 0 Å². The van der Waals surface area contributed by atoms with Gasteiger partial charge in [-0.15, -0.1) is 11.3 Å². The lowest BCUT2D eigenvalue weighted by Crippen LogP contribution is -2.39. The molecule has 0 bridgehead atoms. The Hall–Kier alpha value is -3.44. The van der Waals surface area contributed by atoms with Crippen molar-refractivity contribution >= 4 is 33.4 Å². The molecule has 7 nitrogen and oxygen atoms in total. The lowest BCUT2D eigenvalue weighted by Gasteiger charge is -2.29. The maximum absolute atomic E-state index is 12.5. The minimum atomic E-state index is -0.559. The normalized spacial score (nSPS) is 18.3. The lowest BCUT2D eigenvalue weighted by molar-refractivity contribution is 0.0881. The summed E-state index contributed by atoms with van der Waals surface area (Å²) in [5.41, 5.74) is 8.64. The molecule has 0 saturated heterocycles. The summed E-state index contributed by atoms with van der Waals surface area (Å²) in [5.74, 6) is -0.462. The number of pyridine rings is 1. The molecular formula is C23H22N4O3S. The number of carbonyl (C=O) groups is 2. The predicted molar refractivity (Wildman–Crippen MR) is 118 cm³/mol. The summed E-state index contributed by atoms with van der Waals surface area (Å²) in [5, 5.41) is 14.0. The topological polar surface area (TPSA) is 118 Å². The SMILES string of the molecule is Cc1csc2cc(C(N)=O)c(O[C@H]3CC[C@H](NC(=O)c4cccc(C#N)c4)CC3)nc12. The van der Waals surface area contributed by atoms with Crippen LogP contribution in [0.15, 0.2) is 35.7 Å². The number of nitrogens with zero attached hydrogens (tertiary/aromatic N) is 2. The average Bonchev–Trinajstić information content (AvgIpc) is 3.14. The van der Waals surface area contributed by atoms with E-state index in [9.17, 15) is 9.59 Å². The zero-order chi connectivity index (χ0) is 22.0. The molecule has 2 amide bonds. The highest BCUT2D eigenvalue weighted by Gasteiger charge is 2.26. The molecule has 3 N–H and O–H groups in total. The van der Waals surface area contributed by atoms with Crippen LogP contribution in [0.4, 0.5) is 0 Å². The lowest BCUT2D eigenvalue weighted by atomic mass is 9.92. The summed E-state index contributed by atoms with van der Waals surface area (Å²) in [6.45, 7) is 1.97. The Morgan fingerprint density at radius 3 is 2.74 bits per heavy atom. The molecule has 1 aromatic carbocycles. The van der Waals surface area contributed by atoms with Crippen LogP contribution in [0.3, 0.4) is 0 Å². The average molecular weight is 435 g/mol. The Bertz CT molecular complexity index is 1190. The zero-order valence-corrected chi connectivity index (χ0v) is 17.9. The molecule has 2 aromatic heterocycles. The molecule has 1 aliphatic carbocycles. The third-order valence-corrected chi connectivity index (χ3v) is 6.53. The van der Waals surface area contributed by atoms with Gasteiger partial charge in [0, 0.05) is 11.6 Å². The number of primary amides is 1. The predicted octanol–water partition coefficient (Wildman–Crippen LogP) is 3.70. The van der Waals surface area contributed by atoms with E-state index >= 15 is 0 Å². The molecule has 0 radical (unpaired) electrons. The van der Waals surface area contributed by atoms with Gasteiger partial charge in [0.2, 0.25) is 5.88 Å². The van der Waals surface area contributed by atoms with Crippen molar-refractivity contribution in [3.8, 4) is 11.9 Å². The van der Waals surface area contributed by atoms with Gasteiger partial charge in [-0.2, -0.15) is 5.26 Å². The van der Waals surface area contributed by atoms with Crippen molar-refractivity contribution in [2.24, 2.45) is 5.73 Å². The number of aromatic nitrogens is 1. The number of hydrogen-bond donors (Lipinski definition) is 2. The highest BCUT2D eigenvalue weighted by atomic mass is 32.1. The summed E-state index contributed by atoms with van der Waals surface area (Å²) < 4.78 is 7.00. The Kier molecular flexibility index (Phi) is 5.87. The summed E-state index contributed by atoms with van der Waals surface area (Å²) in [6, 6.07) is 10.5. The van der Waals surface area contributed by atoms with Crippen LogP contribution < -0.4 is 15.8 Å². The second kappa shape index (κ2) is 8.74. The molecular weight excluding hydrogens is 412 g/mol. The van der Waals surface area contributed by atoms with E-state index < -0.39 is 5.91 Å². The molecule has 158 valence electrons. The molecule has 0 atom stereocenters. The van der Waals surface area contributed by atoms with Crippen molar-refractivity contribution in [2.75, 3.05) is 0 Å². The minimum Gasteiger partial charge on any atom is -0.474 e. The Labute approximate surface area is 183 Å². The van der Waals surface area contributed by atoms with E-state index in [1.165, 1.54) is 11.3 Å². The number of rotatable bonds is 5. The number of ether oxygens (including phenoxy) is 1. The van der Waals surface area contributed by atoms with Crippen LogP contribution in [-0.2, 0) is 0 Å². The van der Waals surface area contributed by atoms with Crippen molar-refractivity contribution < 1.29 is 14.3 Å². The number of carbonyl (C=O) groups excluding carboxylic acids is 2. The molecule has 1 fully saturated rings. The van der Waals surface area contributed by atoms with Crippen LogP contribution in [-0.4, -0.2) is 28.9 Å². The van der Waals surface area contributed by atoms with E-state index in [2.05, 4.69) is 10.3 Å². The van der Waals surface area contributed by atoms with Crippen LogP contribution in [0.5, 0.6) is 5.88 Å². The number of nitrogens with two attached hydrogens (primary N) is 1. The number of nitriles is 1. The summed E-state index contributed by atoms with van der Waals surface area (Å²) in [4.78, 5) is 29.0. The Balaban J connectivity index is 1.40. The second-order valence-corrected chi connectivity index (χ2v) is 8.64. The first kappa shape index (κ1) is 20.8. The van der Waals surface area contributed by atoms with Crippen LogP contribution in [0, 0.1) is 18.3 Å². The van der Waals surface area contributed by atoms with Gasteiger partial charge in [-0.25, -0.2) is 4.98 Å². The van der Waals surface area contributed by atoms with Crippen LogP contribution in [0.2, 0.25) is 0 Å². The molecule has 31 heavy (non-hydrogen) atoms. The molecule has 0 unspecified atom stereocenters. The smallest absolute Gasteiger partial charge is 0.254 e. The van der Waals surface area contributed by atoms with Crippen LogP contribution >= 0.6 is 11.3 Å². The van der Waals surface area contributed by atoms with E-state index in [-0.39, 0.29) is 23.9 Å². The molecule has 2 heterocycles. The minimum absolute atomic E-state index is 0.0308. The fourth-order valence-electron chi connectivity index (χ4n) is 3.81. The Morgan fingerprint density at radius 2 is 2.03 bits per heavy atom. The Morgan fingerprint density at radius 1 is 1.26 bits per heavy atom.